The number of methoxy groups -OCH3 is 1. The topological polar surface area (TPSA) is 122 Å². The maximum atomic E-state index is 13.4. The number of nitrogens with one attached hydrogen (secondary N) is 2. The van der Waals surface area contributed by atoms with Gasteiger partial charge in [0, 0.05) is 24.3 Å². The fourth-order valence-corrected chi connectivity index (χ4v) is 6.65. The SMILES string of the molecule is COC(=O)CC(CCC1CCN(C(=O)c2cccc(NC3=NCC(O)CN3)c2)C(I)C1)c1ccc2c(c1)OCO2. The second-order valence-electron chi connectivity index (χ2n) is 10.4. The normalized spacial score (nSPS) is 22.6. The van der Waals surface area contributed by atoms with Crippen molar-refractivity contribution in [3.05, 3.63) is 53.6 Å². The van der Waals surface area contributed by atoms with Crippen molar-refractivity contribution in [2.24, 2.45) is 10.9 Å². The minimum Gasteiger partial charge on any atom is -0.469 e. The molecule has 4 atom stereocenters. The van der Waals surface area contributed by atoms with E-state index in [2.05, 4.69) is 38.2 Å². The number of aliphatic imine (C=N–C) groups is 1. The Balaban J connectivity index is 1.17. The smallest absolute Gasteiger partial charge is 0.306 e. The van der Waals surface area contributed by atoms with Gasteiger partial charge in [0.2, 0.25) is 6.79 Å². The summed E-state index contributed by atoms with van der Waals surface area (Å²) in [5.41, 5.74) is 2.45. The molecule has 214 valence electrons. The first-order valence-corrected chi connectivity index (χ1v) is 14.9. The number of hydrogen-bond acceptors (Lipinski definition) is 9. The van der Waals surface area contributed by atoms with Crippen molar-refractivity contribution in [2.45, 2.75) is 48.2 Å². The molecule has 1 amide bonds. The largest absolute Gasteiger partial charge is 0.469 e. The van der Waals surface area contributed by atoms with E-state index in [0.29, 0.717) is 49.2 Å². The quantitative estimate of drug-likeness (QED) is 0.169. The summed E-state index contributed by atoms with van der Waals surface area (Å²) in [5.74, 6) is 2.30. The van der Waals surface area contributed by atoms with Crippen molar-refractivity contribution in [3.8, 4) is 11.5 Å². The van der Waals surface area contributed by atoms with E-state index in [0.717, 1.165) is 42.7 Å². The van der Waals surface area contributed by atoms with Gasteiger partial charge in [0.15, 0.2) is 17.5 Å². The third-order valence-electron chi connectivity index (χ3n) is 7.67. The molecule has 3 aliphatic heterocycles. The summed E-state index contributed by atoms with van der Waals surface area (Å²) in [6.45, 7) is 1.69. The molecule has 4 unspecified atom stereocenters. The van der Waals surface area contributed by atoms with Crippen molar-refractivity contribution in [1.29, 1.82) is 0 Å². The molecule has 0 aromatic heterocycles. The van der Waals surface area contributed by atoms with Crippen LogP contribution in [0.5, 0.6) is 11.5 Å². The van der Waals surface area contributed by atoms with Crippen LogP contribution in [0.3, 0.4) is 0 Å². The third-order valence-corrected chi connectivity index (χ3v) is 8.86. The monoisotopic (exact) mass is 662 g/mol. The lowest BCUT2D eigenvalue weighted by Gasteiger charge is -2.37. The molecule has 1 fully saturated rings. The first-order valence-electron chi connectivity index (χ1n) is 13.6. The Morgan fingerprint density at radius 3 is 2.88 bits per heavy atom. The molecule has 0 aliphatic carbocycles. The number of aliphatic hydroxyl groups is 1. The molecule has 0 saturated carbocycles. The van der Waals surface area contributed by atoms with Gasteiger partial charge in [0.25, 0.3) is 5.91 Å². The standard InChI is InChI=1S/C29H35IN4O6/c1-38-27(36)14-20(19-7-8-24-25(13-19)40-17-39-24)6-5-18-9-10-34(26(30)11-18)28(37)21-3-2-4-22(12-21)33-29-31-15-23(35)16-32-29/h2-4,7-8,12-13,18,20,23,26,35H,5-6,9-11,14-17H2,1H3,(H2,31,32,33). The summed E-state index contributed by atoms with van der Waals surface area (Å²) in [7, 11) is 1.42. The number of esters is 1. The molecule has 5 rings (SSSR count). The molecular weight excluding hydrogens is 627 g/mol. The highest BCUT2D eigenvalue weighted by Gasteiger charge is 2.31. The molecular formula is C29H35IN4O6. The van der Waals surface area contributed by atoms with Crippen molar-refractivity contribution in [2.75, 3.05) is 38.9 Å². The molecule has 1 saturated heterocycles. The predicted octanol–water partition coefficient (Wildman–Crippen LogP) is 3.89. The van der Waals surface area contributed by atoms with Gasteiger partial charge in [-0.25, -0.2) is 0 Å². The first-order chi connectivity index (χ1) is 19.4. The van der Waals surface area contributed by atoms with Crippen LogP contribution in [-0.4, -0.2) is 71.5 Å². The second kappa shape index (κ2) is 13.1. The lowest BCUT2D eigenvalue weighted by Crippen LogP contribution is -2.43. The van der Waals surface area contributed by atoms with Crippen LogP contribution < -0.4 is 20.1 Å². The number of carbonyl (C=O) groups excluding carboxylic acids is 2. The van der Waals surface area contributed by atoms with Gasteiger partial charge in [-0.2, -0.15) is 0 Å². The molecule has 2 aromatic rings. The van der Waals surface area contributed by atoms with Crippen LogP contribution in [0.4, 0.5) is 5.69 Å². The van der Waals surface area contributed by atoms with E-state index in [9.17, 15) is 14.7 Å². The number of halogens is 1. The van der Waals surface area contributed by atoms with E-state index in [1.807, 2.05) is 47.4 Å². The van der Waals surface area contributed by atoms with E-state index < -0.39 is 6.10 Å². The average molecular weight is 663 g/mol. The molecule has 10 nitrogen and oxygen atoms in total. The summed E-state index contributed by atoms with van der Waals surface area (Å²) in [4.78, 5) is 31.9. The maximum absolute atomic E-state index is 13.4. The molecule has 3 heterocycles. The molecule has 2 aromatic carbocycles. The lowest BCUT2D eigenvalue weighted by atomic mass is 9.84. The van der Waals surface area contributed by atoms with Crippen molar-refractivity contribution in [3.63, 3.8) is 0 Å². The fourth-order valence-electron chi connectivity index (χ4n) is 5.40. The number of fused-ring (bicyclic) bond motifs is 1. The predicted molar refractivity (Wildman–Crippen MR) is 159 cm³/mol. The molecule has 0 spiro atoms. The number of nitrogens with zero attached hydrogens (tertiary/aromatic N) is 2. The van der Waals surface area contributed by atoms with Crippen LogP contribution in [-0.2, 0) is 9.53 Å². The Morgan fingerprint density at radius 1 is 1.25 bits per heavy atom. The van der Waals surface area contributed by atoms with Gasteiger partial charge in [-0.1, -0.05) is 34.7 Å². The molecule has 0 radical (unpaired) electrons. The summed E-state index contributed by atoms with van der Waals surface area (Å²) >= 11 is 2.38. The highest BCUT2D eigenvalue weighted by molar-refractivity contribution is 14.1. The zero-order valence-electron chi connectivity index (χ0n) is 22.5. The number of rotatable bonds is 8. The second-order valence-corrected chi connectivity index (χ2v) is 11.9. The number of piperidine rings is 1. The number of alkyl halides is 1. The maximum Gasteiger partial charge on any atom is 0.306 e. The number of amides is 1. The van der Waals surface area contributed by atoms with Gasteiger partial charge in [0.1, 0.15) is 0 Å². The number of ether oxygens (including phenoxy) is 3. The van der Waals surface area contributed by atoms with Crippen molar-refractivity contribution < 1.29 is 28.9 Å². The van der Waals surface area contributed by atoms with Gasteiger partial charge < -0.3 is 34.9 Å². The van der Waals surface area contributed by atoms with E-state index in [-0.39, 0.29) is 28.6 Å². The summed E-state index contributed by atoms with van der Waals surface area (Å²) in [6.07, 6.45) is 3.45. The van der Waals surface area contributed by atoms with E-state index in [4.69, 9.17) is 14.2 Å². The number of guanidine groups is 1. The molecule has 0 bridgehead atoms. The Kier molecular flexibility index (Phi) is 9.30. The zero-order chi connectivity index (χ0) is 28.1. The fraction of sp³-hybridized carbons (Fsp3) is 0.483. The minimum absolute atomic E-state index is 0.0133. The Labute approximate surface area is 247 Å². The van der Waals surface area contributed by atoms with E-state index in [1.54, 1.807) is 0 Å². The number of β-amino-alcohol motifs (C(OH)–C–C–N with tert-alkyl or cyclic N) is 1. The molecule has 11 heteroatoms. The van der Waals surface area contributed by atoms with Gasteiger partial charge in [-0.3, -0.25) is 14.6 Å². The number of hydrogen-bond donors (Lipinski definition) is 3. The zero-order valence-corrected chi connectivity index (χ0v) is 24.6. The number of aliphatic hydroxyl groups excluding tert-OH is 1. The van der Waals surface area contributed by atoms with Crippen LogP contribution in [0.25, 0.3) is 0 Å². The van der Waals surface area contributed by atoms with Gasteiger partial charge in [-0.15, -0.1) is 0 Å². The van der Waals surface area contributed by atoms with Crippen molar-refractivity contribution >= 4 is 46.1 Å². The molecule has 3 N–H and O–H groups in total. The number of anilines is 1. The van der Waals surface area contributed by atoms with Crippen LogP contribution in [0, 0.1) is 5.92 Å². The Morgan fingerprint density at radius 2 is 2.10 bits per heavy atom. The number of carbonyl (C=O) groups is 2. The lowest BCUT2D eigenvalue weighted by molar-refractivity contribution is -0.141. The van der Waals surface area contributed by atoms with Gasteiger partial charge in [-0.05, 0) is 73.4 Å². The van der Waals surface area contributed by atoms with Crippen LogP contribution >= 0.6 is 22.6 Å². The Bertz CT molecular complexity index is 1260. The summed E-state index contributed by atoms with van der Waals surface area (Å²) in [5, 5.41) is 15.9. The summed E-state index contributed by atoms with van der Waals surface area (Å²) in [6, 6.07) is 13.3. The van der Waals surface area contributed by atoms with Gasteiger partial charge >= 0.3 is 5.97 Å². The van der Waals surface area contributed by atoms with E-state index >= 15 is 0 Å². The minimum atomic E-state index is -0.482. The van der Waals surface area contributed by atoms with Crippen LogP contribution in [0.2, 0.25) is 0 Å². The molecule has 3 aliphatic rings. The molecule has 40 heavy (non-hydrogen) atoms. The number of benzene rings is 2. The van der Waals surface area contributed by atoms with Crippen molar-refractivity contribution in [1.82, 2.24) is 10.2 Å². The highest BCUT2D eigenvalue weighted by atomic mass is 127. The van der Waals surface area contributed by atoms with Crippen LogP contribution in [0.15, 0.2) is 47.5 Å². The average Bonchev–Trinajstić information content (AvgIpc) is 3.44. The third kappa shape index (κ3) is 6.98. The summed E-state index contributed by atoms with van der Waals surface area (Å²) < 4.78 is 16.0. The highest BCUT2D eigenvalue weighted by Crippen LogP contribution is 2.39. The van der Waals surface area contributed by atoms with Crippen LogP contribution in [0.1, 0.15) is 53.9 Å². The van der Waals surface area contributed by atoms with E-state index in [1.165, 1.54) is 7.11 Å². The number of likely N-dealkylation sites (tertiary alicyclic amines) is 1. The Hall–Kier alpha value is -3.06. The first kappa shape index (κ1) is 28.5. The van der Waals surface area contributed by atoms with Gasteiger partial charge in [0.05, 0.1) is 30.2 Å².